The number of hydrogen-bond acceptors (Lipinski definition) is 5. The molecule has 0 fully saturated rings. The molecule has 8 nitrogen and oxygen atoms in total. The van der Waals surface area contributed by atoms with Gasteiger partial charge in [0.25, 0.3) is 11.5 Å². The third kappa shape index (κ3) is 3.71. The number of primary sulfonamides is 1. The number of carbonyl (C=O) groups excluding carboxylic acids is 1. The molecule has 0 unspecified atom stereocenters. The van der Waals surface area contributed by atoms with Crippen molar-refractivity contribution in [3.63, 3.8) is 0 Å². The molecular formula is C13H13N3O5S. The van der Waals surface area contributed by atoms with Gasteiger partial charge in [-0.3, -0.25) is 9.59 Å². The van der Waals surface area contributed by atoms with Crippen molar-refractivity contribution in [3.05, 3.63) is 58.0 Å². The van der Waals surface area contributed by atoms with Crippen molar-refractivity contribution in [3.8, 4) is 5.75 Å². The van der Waals surface area contributed by atoms with Crippen LogP contribution in [0.5, 0.6) is 5.75 Å². The zero-order valence-electron chi connectivity index (χ0n) is 11.2. The molecule has 1 amide bonds. The number of benzene rings is 1. The average Bonchev–Trinajstić information content (AvgIpc) is 2.44. The number of sulfonamides is 1. The lowest BCUT2D eigenvalue weighted by atomic mass is 10.2. The topological polar surface area (TPSA) is 142 Å². The van der Waals surface area contributed by atoms with Crippen LogP contribution in [0.1, 0.15) is 15.9 Å². The zero-order chi connectivity index (χ0) is 16.3. The summed E-state index contributed by atoms with van der Waals surface area (Å²) in [4.78, 5) is 25.1. The Kier molecular flexibility index (Phi) is 4.29. The smallest absolute Gasteiger partial charge is 0.256 e. The summed E-state index contributed by atoms with van der Waals surface area (Å²) < 4.78 is 22.2. The highest BCUT2D eigenvalue weighted by molar-refractivity contribution is 7.89. The van der Waals surface area contributed by atoms with E-state index in [1.54, 1.807) is 0 Å². The van der Waals surface area contributed by atoms with Gasteiger partial charge < -0.3 is 15.4 Å². The van der Waals surface area contributed by atoms with Gasteiger partial charge in [-0.05, 0) is 17.7 Å². The van der Waals surface area contributed by atoms with Gasteiger partial charge in [-0.2, -0.15) is 0 Å². The van der Waals surface area contributed by atoms with Crippen molar-refractivity contribution in [2.24, 2.45) is 5.14 Å². The number of aromatic nitrogens is 1. The monoisotopic (exact) mass is 323 g/mol. The Morgan fingerprint density at radius 2 is 1.91 bits per heavy atom. The number of hydrogen-bond donors (Lipinski definition) is 4. The molecule has 0 spiro atoms. The highest BCUT2D eigenvalue weighted by Gasteiger charge is 2.12. The molecule has 1 heterocycles. The molecule has 5 N–H and O–H groups in total. The quantitative estimate of drug-likeness (QED) is 0.608. The van der Waals surface area contributed by atoms with Crippen LogP contribution in [0.15, 0.2) is 46.2 Å². The minimum atomic E-state index is -3.76. The predicted molar refractivity (Wildman–Crippen MR) is 77.7 cm³/mol. The fraction of sp³-hybridized carbons (Fsp3) is 0.0769. The summed E-state index contributed by atoms with van der Waals surface area (Å²) >= 11 is 0. The Balaban J connectivity index is 2.06. The molecule has 116 valence electrons. The van der Waals surface area contributed by atoms with E-state index in [1.807, 2.05) is 0 Å². The van der Waals surface area contributed by atoms with E-state index in [0.717, 1.165) is 12.3 Å². The summed E-state index contributed by atoms with van der Waals surface area (Å²) in [5.41, 5.74) is 0.0538. The summed E-state index contributed by atoms with van der Waals surface area (Å²) in [6, 6.07) is 6.57. The van der Waals surface area contributed by atoms with E-state index in [9.17, 15) is 23.1 Å². The Bertz CT molecular complexity index is 856. The number of pyridine rings is 1. The SMILES string of the molecule is NS(=O)(=O)c1ccc(CNC(=O)c2c[nH]c(=O)cc2O)cc1. The maximum absolute atomic E-state index is 11.9. The van der Waals surface area contributed by atoms with Crippen molar-refractivity contribution in [2.45, 2.75) is 11.4 Å². The van der Waals surface area contributed by atoms with Crippen molar-refractivity contribution < 1.29 is 18.3 Å². The predicted octanol–water partition coefficient (Wildman–Crippen LogP) is -0.342. The van der Waals surface area contributed by atoms with Gasteiger partial charge in [0.1, 0.15) is 5.75 Å². The highest BCUT2D eigenvalue weighted by atomic mass is 32.2. The maximum atomic E-state index is 11.9. The van der Waals surface area contributed by atoms with E-state index in [4.69, 9.17) is 5.14 Å². The first-order valence-corrected chi connectivity index (χ1v) is 7.63. The first-order chi connectivity index (χ1) is 10.3. The van der Waals surface area contributed by atoms with Crippen molar-refractivity contribution in [1.82, 2.24) is 10.3 Å². The van der Waals surface area contributed by atoms with E-state index < -0.39 is 27.2 Å². The first kappa shape index (κ1) is 15.7. The Morgan fingerprint density at radius 1 is 1.27 bits per heavy atom. The van der Waals surface area contributed by atoms with Crippen molar-refractivity contribution in [1.29, 1.82) is 0 Å². The van der Waals surface area contributed by atoms with Crippen LogP contribution in [0.2, 0.25) is 0 Å². The number of aromatic amines is 1. The van der Waals surface area contributed by atoms with Gasteiger partial charge in [0, 0.05) is 18.8 Å². The van der Waals surface area contributed by atoms with E-state index >= 15 is 0 Å². The first-order valence-electron chi connectivity index (χ1n) is 6.09. The molecule has 22 heavy (non-hydrogen) atoms. The van der Waals surface area contributed by atoms with Gasteiger partial charge in [0.15, 0.2) is 0 Å². The van der Waals surface area contributed by atoms with Gasteiger partial charge >= 0.3 is 0 Å². The molecule has 0 bridgehead atoms. The maximum Gasteiger partial charge on any atom is 0.256 e. The van der Waals surface area contributed by atoms with Crippen LogP contribution in [0, 0.1) is 0 Å². The molecule has 0 aliphatic heterocycles. The van der Waals surface area contributed by atoms with Crippen molar-refractivity contribution in [2.75, 3.05) is 0 Å². The van der Waals surface area contributed by atoms with Crippen molar-refractivity contribution >= 4 is 15.9 Å². The summed E-state index contributed by atoms with van der Waals surface area (Å²) in [7, 11) is -3.76. The second-order valence-electron chi connectivity index (χ2n) is 4.47. The molecule has 0 radical (unpaired) electrons. The molecule has 2 aromatic rings. The summed E-state index contributed by atoms with van der Waals surface area (Å²) in [6.07, 6.45) is 1.11. The molecule has 2 rings (SSSR count). The molecule has 1 aromatic heterocycles. The lowest BCUT2D eigenvalue weighted by Gasteiger charge is -2.07. The van der Waals surface area contributed by atoms with Crippen LogP contribution >= 0.6 is 0 Å². The summed E-state index contributed by atoms with van der Waals surface area (Å²) in [6.45, 7) is 0.113. The standard InChI is InChI=1S/C13H13N3O5S/c14-22(20,21)9-3-1-8(2-4-9)6-16-13(19)10-7-15-12(18)5-11(10)17/h1-5,7H,6H2,(H,16,19)(H2,14,20,21)(H2,15,17,18). The largest absolute Gasteiger partial charge is 0.507 e. The Labute approximate surface area is 125 Å². The minimum Gasteiger partial charge on any atom is -0.507 e. The van der Waals surface area contributed by atoms with Gasteiger partial charge in [-0.1, -0.05) is 12.1 Å². The molecule has 0 atom stereocenters. The van der Waals surface area contributed by atoms with Gasteiger partial charge in [-0.15, -0.1) is 0 Å². The van der Waals surface area contributed by atoms with Crippen LogP contribution in [0.4, 0.5) is 0 Å². The molecule has 0 aliphatic rings. The lowest BCUT2D eigenvalue weighted by molar-refractivity contribution is 0.0948. The fourth-order valence-electron chi connectivity index (χ4n) is 1.72. The average molecular weight is 323 g/mol. The van der Waals surface area contributed by atoms with Gasteiger partial charge in [0.2, 0.25) is 10.0 Å². The van der Waals surface area contributed by atoms with Crippen LogP contribution in [0.25, 0.3) is 0 Å². The molecule has 9 heteroatoms. The molecule has 0 saturated heterocycles. The van der Waals surface area contributed by atoms with Crippen LogP contribution < -0.4 is 16.0 Å². The van der Waals surface area contributed by atoms with Crippen LogP contribution in [-0.2, 0) is 16.6 Å². The van der Waals surface area contributed by atoms with E-state index in [0.29, 0.717) is 5.56 Å². The highest BCUT2D eigenvalue weighted by Crippen LogP contribution is 2.12. The zero-order valence-corrected chi connectivity index (χ0v) is 12.1. The summed E-state index contributed by atoms with van der Waals surface area (Å²) in [5, 5.41) is 17.0. The molecule has 1 aromatic carbocycles. The minimum absolute atomic E-state index is 0.0270. The van der Waals surface area contributed by atoms with E-state index in [-0.39, 0.29) is 17.0 Å². The number of H-pyrrole nitrogens is 1. The second kappa shape index (κ2) is 6.00. The van der Waals surface area contributed by atoms with E-state index in [1.165, 1.54) is 24.3 Å². The van der Waals surface area contributed by atoms with Gasteiger partial charge in [-0.25, -0.2) is 13.6 Å². The third-order valence-electron chi connectivity index (χ3n) is 2.85. The number of aromatic hydroxyl groups is 1. The normalized spacial score (nSPS) is 11.1. The number of nitrogens with one attached hydrogen (secondary N) is 2. The summed E-state index contributed by atoms with van der Waals surface area (Å²) in [5.74, 6) is -1.00. The fourth-order valence-corrected chi connectivity index (χ4v) is 2.23. The second-order valence-corrected chi connectivity index (χ2v) is 6.03. The number of nitrogens with two attached hydrogens (primary N) is 1. The lowest BCUT2D eigenvalue weighted by Crippen LogP contribution is -2.24. The van der Waals surface area contributed by atoms with Crippen LogP contribution in [-0.4, -0.2) is 24.4 Å². The number of rotatable bonds is 4. The van der Waals surface area contributed by atoms with E-state index in [2.05, 4.69) is 10.3 Å². The van der Waals surface area contributed by atoms with Crippen LogP contribution in [0.3, 0.4) is 0 Å². The molecule has 0 saturated carbocycles. The molecule has 0 aliphatic carbocycles. The third-order valence-corrected chi connectivity index (χ3v) is 3.78. The Hall–Kier alpha value is -2.65. The number of carbonyl (C=O) groups is 1. The molecular weight excluding hydrogens is 310 g/mol. The Morgan fingerprint density at radius 3 is 2.45 bits per heavy atom. The van der Waals surface area contributed by atoms with Gasteiger partial charge in [0.05, 0.1) is 10.5 Å². The number of amides is 1.